The molecule has 1 saturated heterocycles. The van der Waals surface area contributed by atoms with Crippen LogP contribution in [0.4, 0.5) is 5.69 Å². The van der Waals surface area contributed by atoms with Crippen molar-refractivity contribution in [2.45, 2.75) is 6.61 Å². The van der Waals surface area contributed by atoms with Crippen LogP contribution < -0.4 is 23.7 Å². The molecule has 154 valence electrons. The number of hydrogen-bond acceptors (Lipinski definition) is 5. The summed E-state index contributed by atoms with van der Waals surface area (Å²) in [5, 5.41) is 10.2. The van der Waals surface area contributed by atoms with E-state index in [0.717, 1.165) is 39.2 Å². The maximum absolute atomic E-state index is 11.1. The van der Waals surface area contributed by atoms with Crippen LogP contribution >= 0.6 is 0 Å². The van der Waals surface area contributed by atoms with Gasteiger partial charge in [0.05, 0.1) is 42.7 Å². The molecule has 2 aliphatic rings. The summed E-state index contributed by atoms with van der Waals surface area (Å²) < 4.78 is 19.2. The number of anilines is 1. The maximum atomic E-state index is 11.1. The molecule has 0 atom stereocenters. The van der Waals surface area contributed by atoms with E-state index >= 15 is 0 Å². The highest BCUT2D eigenvalue weighted by molar-refractivity contribution is 5.85. The van der Waals surface area contributed by atoms with Crippen molar-refractivity contribution in [3.63, 3.8) is 0 Å². The fourth-order valence-corrected chi connectivity index (χ4v) is 4.37. The molecule has 0 saturated carbocycles. The van der Waals surface area contributed by atoms with Gasteiger partial charge in [-0.05, 0) is 24.3 Å². The molecule has 0 aliphatic carbocycles. The third kappa shape index (κ3) is 2.73. The van der Waals surface area contributed by atoms with Crippen LogP contribution in [0.3, 0.4) is 0 Å². The van der Waals surface area contributed by atoms with Crippen LogP contribution in [0, 0.1) is 5.92 Å². The van der Waals surface area contributed by atoms with Crippen molar-refractivity contribution < 1.29 is 28.7 Å². The molecule has 7 nitrogen and oxygen atoms in total. The van der Waals surface area contributed by atoms with Crippen molar-refractivity contribution in [1.82, 2.24) is 0 Å². The minimum absolute atomic E-state index is 0.293. The molecule has 3 heterocycles. The number of ether oxygens (including phenoxy) is 3. The largest absolute Gasteiger partial charge is 0.493 e. The molecule has 2 aliphatic heterocycles. The van der Waals surface area contributed by atoms with E-state index in [1.54, 1.807) is 14.2 Å². The lowest BCUT2D eigenvalue weighted by molar-refractivity contribution is -0.634. The quantitative estimate of drug-likeness (QED) is 0.671. The summed E-state index contributed by atoms with van der Waals surface area (Å²) in [5.74, 6) is 1.17. The second-order valence-electron chi connectivity index (χ2n) is 7.75. The van der Waals surface area contributed by atoms with Crippen molar-refractivity contribution >= 4 is 22.6 Å². The normalized spacial score (nSPS) is 15.1. The predicted molar refractivity (Wildman–Crippen MR) is 111 cm³/mol. The van der Waals surface area contributed by atoms with Gasteiger partial charge in [0.1, 0.15) is 19.4 Å². The maximum Gasteiger partial charge on any atom is 0.310 e. The number of aromatic nitrogens is 1. The molecule has 0 unspecified atom stereocenters. The first-order valence-corrected chi connectivity index (χ1v) is 9.82. The Kier molecular flexibility index (Phi) is 4.20. The zero-order valence-electron chi connectivity index (χ0n) is 17.1. The number of aliphatic carboxylic acids is 1. The summed E-state index contributed by atoms with van der Waals surface area (Å²) in [4.78, 5) is 13.2. The van der Waals surface area contributed by atoms with E-state index < -0.39 is 5.97 Å². The Labute approximate surface area is 174 Å². The number of carboxylic acid groups (broad SMARTS) is 1. The number of nitrogens with zero attached hydrogens (tertiary/aromatic N) is 2. The van der Waals surface area contributed by atoms with Crippen LogP contribution in [0.25, 0.3) is 22.2 Å². The molecule has 3 aromatic rings. The zero-order valence-corrected chi connectivity index (χ0v) is 17.1. The first kappa shape index (κ1) is 18.5. The van der Waals surface area contributed by atoms with Crippen LogP contribution in [0.5, 0.6) is 17.2 Å². The van der Waals surface area contributed by atoms with Crippen LogP contribution in [0.1, 0.15) is 5.56 Å². The fourth-order valence-electron chi connectivity index (χ4n) is 4.37. The number of rotatable bonds is 4. The second-order valence-corrected chi connectivity index (χ2v) is 7.75. The zero-order chi connectivity index (χ0) is 21.0. The van der Waals surface area contributed by atoms with Gasteiger partial charge in [-0.15, -0.1) is 0 Å². The lowest BCUT2D eigenvalue weighted by Crippen LogP contribution is -2.50. The summed E-state index contributed by atoms with van der Waals surface area (Å²) >= 11 is 0. The summed E-state index contributed by atoms with van der Waals surface area (Å²) in [6.07, 6.45) is 0. The summed E-state index contributed by atoms with van der Waals surface area (Å²) in [6.45, 7) is 1.54. The Balaban J connectivity index is 1.58. The molecular weight excluding hydrogens is 384 g/mol. The van der Waals surface area contributed by atoms with E-state index in [2.05, 4.69) is 21.6 Å². The van der Waals surface area contributed by atoms with Gasteiger partial charge in [0, 0.05) is 24.8 Å². The van der Waals surface area contributed by atoms with Crippen LogP contribution in [-0.2, 0) is 18.4 Å². The predicted octanol–water partition coefficient (Wildman–Crippen LogP) is 2.76. The average Bonchev–Trinajstić information content (AvgIpc) is 2.71. The van der Waals surface area contributed by atoms with Crippen molar-refractivity contribution in [3.05, 3.63) is 42.0 Å². The van der Waals surface area contributed by atoms with Gasteiger partial charge in [-0.3, -0.25) is 4.79 Å². The number of aryl methyl sites for hydroxylation is 1. The smallest absolute Gasteiger partial charge is 0.310 e. The Bertz CT molecular complexity index is 1180. The van der Waals surface area contributed by atoms with Gasteiger partial charge in [-0.1, -0.05) is 0 Å². The van der Waals surface area contributed by atoms with Gasteiger partial charge in [-0.2, -0.15) is 4.57 Å². The average molecular weight is 407 g/mol. The van der Waals surface area contributed by atoms with Crippen molar-refractivity contribution in [1.29, 1.82) is 0 Å². The molecule has 0 amide bonds. The Morgan fingerprint density at radius 2 is 1.87 bits per heavy atom. The Morgan fingerprint density at radius 1 is 1.13 bits per heavy atom. The summed E-state index contributed by atoms with van der Waals surface area (Å²) in [6, 6.07) is 12.2. The minimum atomic E-state index is -0.736. The minimum Gasteiger partial charge on any atom is -0.493 e. The monoisotopic (exact) mass is 407 g/mol. The molecule has 0 bridgehead atoms. The number of hydrogen-bond donors (Lipinski definition) is 1. The highest BCUT2D eigenvalue weighted by atomic mass is 16.5. The molecule has 1 aromatic heterocycles. The third-order valence-electron chi connectivity index (χ3n) is 6.06. The number of methoxy groups -OCH3 is 2. The number of benzene rings is 2. The number of carbonyl (C=O) groups is 1. The van der Waals surface area contributed by atoms with Crippen molar-refractivity contribution in [2.24, 2.45) is 13.0 Å². The highest BCUT2D eigenvalue weighted by Crippen LogP contribution is 2.41. The SMILES string of the molecule is COc1cc2cc3c([n+](C)c2cc1OC)-c1ccc(N2CC(C(=O)O)C2)cc1OC3. The molecule has 5 rings (SSSR count). The lowest BCUT2D eigenvalue weighted by atomic mass is 9.96. The van der Waals surface area contributed by atoms with E-state index in [1.807, 2.05) is 31.3 Å². The van der Waals surface area contributed by atoms with Crippen LogP contribution in [0.2, 0.25) is 0 Å². The lowest BCUT2D eigenvalue weighted by Gasteiger charge is -2.39. The molecule has 1 N–H and O–H groups in total. The topological polar surface area (TPSA) is 72.1 Å². The summed E-state index contributed by atoms with van der Waals surface area (Å²) in [5.41, 5.74) is 5.26. The molecule has 0 radical (unpaired) electrons. The molecule has 7 heteroatoms. The van der Waals surface area contributed by atoms with Gasteiger partial charge in [0.15, 0.2) is 11.5 Å². The van der Waals surface area contributed by atoms with E-state index in [4.69, 9.17) is 19.3 Å². The molecule has 0 spiro atoms. The summed E-state index contributed by atoms with van der Waals surface area (Å²) in [7, 11) is 5.32. The fraction of sp³-hybridized carbons (Fsp3) is 0.304. The van der Waals surface area contributed by atoms with E-state index in [0.29, 0.717) is 31.2 Å². The molecule has 30 heavy (non-hydrogen) atoms. The van der Waals surface area contributed by atoms with Gasteiger partial charge < -0.3 is 24.2 Å². The first-order chi connectivity index (χ1) is 14.5. The number of pyridine rings is 1. The van der Waals surface area contributed by atoms with E-state index in [1.165, 1.54) is 0 Å². The van der Waals surface area contributed by atoms with Gasteiger partial charge in [0.2, 0.25) is 11.2 Å². The van der Waals surface area contributed by atoms with Gasteiger partial charge in [0.25, 0.3) is 0 Å². The Hall–Kier alpha value is -3.48. The van der Waals surface area contributed by atoms with Crippen LogP contribution in [0.15, 0.2) is 36.4 Å². The number of fused-ring (bicyclic) bond motifs is 4. The first-order valence-electron chi connectivity index (χ1n) is 9.82. The van der Waals surface area contributed by atoms with Crippen molar-refractivity contribution in [3.8, 4) is 28.5 Å². The highest BCUT2D eigenvalue weighted by Gasteiger charge is 2.34. The molecule has 2 aromatic carbocycles. The second kappa shape index (κ2) is 6.79. The number of carboxylic acids is 1. The van der Waals surface area contributed by atoms with Crippen LogP contribution in [-0.4, -0.2) is 38.4 Å². The van der Waals surface area contributed by atoms with Gasteiger partial charge in [-0.25, -0.2) is 0 Å². The molecular formula is C23H23N2O5+. The van der Waals surface area contributed by atoms with E-state index in [-0.39, 0.29) is 5.92 Å². The Morgan fingerprint density at radius 3 is 2.57 bits per heavy atom. The van der Waals surface area contributed by atoms with Crippen molar-refractivity contribution in [2.75, 3.05) is 32.2 Å². The van der Waals surface area contributed by atoms with Gasteiger partial charge >= 0.3 is 5.97 Å². The van der Waals surface area contributed by atoms with E-state index in [9.17, 15) is 4.79 Å². The third-order valence-corrected chi connectivity index (χ3v) is 6.06. The standard InChI is InChI=1S/C23H22N2O5/c1-24-18-9-21(29-3)20(28-2)7-13(18)6-14-12-30-19-8-16(4-5-17(19)22(14)24)25-10-15(11-25)23(26)27/h4-9,15H,10-12H2,1-3H3/p+1. The molecule has 1 fully saturated rings.